The van der Waals surface area contributed by atoms with E-state index in [9.17, 15) is 4.79 Å². The molecule has 2 rings (SSSR count). The molecule has 1 atom stereocenters. The molecule has 1 saturated heterocycles. The van der Waals surface area contributed by atoms with Gasteiger partial charge in [-0.15, -0.1) is 12.4 Å². The van der Waals surface area contributed by atoms with Crippen LogP contribution in [0, 0.1) is 0 Å². The second-order valence-electron chi connectivity index (χ2n) is 4.45. The molecular weight excluding hydrogens is 238 g/mol. The third kappa shape index (κ3) is 3.37. The van der Waals surface area contributed by atoms with Crippen LogP contribution in [0.1, 0.15) is 43.4 Å². The van der Waals surface area contributed by atoms with Gasteiger partial charge in [0.1, 0.15) is 0 Å². The maximum absolute atomic E-state index is 11.1. The number of carbonyl (C=O) groups is 1. The topological polar surface area (TPSA) is 38.3 Å². The van der Waals surface area contributed by atoms with Gasteiger partial charge in [0.2, 0.25) is 0 Å². The van der Waals surface area contributed by atoms with Crippen LogP contribution in [0.5, 0.6) is 0 Å². The van der Waals surface area contributed by atoms with Gasteiger partial charge in [-0.2, -0.15) is 0 Å². The van der Waals surface area contributed by atoms with Crippen LogP contribution in [0.3, 0.4) is 0 Å². The highest BCUT2D eigenvalue weighted by Crippen LogP contribution is 2.23. The van der Waals surface area contributed by atoms with E-state index in [0.29, 0.717) is 12.5 Å². The molecule has 0 aliphatic carbocycles. The zero-order valence-corrected chi connectivity index (χ0v) is 10.9. The smallest absolute Gasteiger partial charge is 0.407 e. The lowest BCUT2D eigenvalue weighted by Gasteiger charge is -2.24. The summed E-state index contributed by atoms with van der Waals surface area (Å²) < 4.78 is 4.86. The average molecular weight is 256 g/mol. The van der Waals surface area contributed by atoms with Crippen LogP contribution < -0.4 is 5.32 Å². The molecule has 1 aromatic carbocycles. The summed E-state index contributed by atoms with van der Waals surface area (Å²) in [7, 11) is 0. The molecular formula is C13H18ClNO2. The summed E-state index contributed by atoms with van der Waals surface area (Å²) >= 11 is 0. The number of ether oxygens (including phenoxy) is 1. The first-order chi connectivity index (χ1) is 7.66. The Balaban J connectivity index is 0.00000144. The minimum absolute atomic E-state index is 0. The van der Waals surface area contributed by atoms with Crippen LogP contribution in [0.2, 0.25) is 0 Å². The fourth-order valence-corrected chi connectivity index (χ4v) is 1.91. The van der Waals surface area contributed by atoms with Crippen molar-refractivity contribution in [3.05, 3.63) is 35.4 Å². The van der Waals surface area contributed by atoms with Crippen LogP contribution >= 0.6 is 12.4 Å². The van der Waals surface area contributed by atoms with Gasteiger partial charge in [0.15, 0.2) is 0 Å². The van der Waals surface area contributed by atoms with Gasteiger partial charge in [0.05, 0.1) is 12.6 Å². The number of hydrogen-bond acceptors (Lipinski definition) is 2. The number of benzene rings is 1. The maximum atomic E-state index is 11.1. The molecule has 1 N–H and O–H groups in total. The molecule has 17 heavy (non-hydrogen) atoms. The van der Waals surface area contributed by atoms with Gasteiger partial charge >= 0.3 is 6.09 Å². The van der Waals surface area contributed by atoms with Crippen molar-refractivity contribution < 1.29 is 9.53 Å². The molecule has 1 aliphatic rings. The van der Waals surface area contributed by atoms with Crippen molar-refractivity contribution in [2.45, 2.75) is 32.2 Å². The van der Waals surface area contributed by atoms with E-state index in [4.69, 9.17) is 4.74 Å². The van der Waals surface area contributed by atoms with E-state index in [2.05, 4.69) is 37.4 Å². The zero-order valence-electron chi connectivity index (χ0n) is 10.1. The molecule has 0 spiro atoms. The molecule has 0 saturated carbocycles. The van der Waals surface area contributed by atoms with Crippen molar-refractivity contribution in [1.82, 2.24) is 5.32 Å². The molecule has 1 fully saturated rings. The molecule has 0 aromatic heterocycles. The molecule has 1 aliphatic heterocycles. The highest BCUT2D eigenvalue weighted by Gasteiger charge is 2.20. The minimum atomic E-state index is -0.314. The molecule has 1 amide bonds. The van der Waals surface area contributed by atoms with Gasteiger partial charge in [-0.25, -0.2) is 4.79 Å². The molecule has 94 valence electrons. The van der Waals surface area contributed by atoms with Crippen LogP contribution in [0.15, 0.2) is 24.3 Å². The van der Waals surface area contributed by atoms with Crippen molar-refractivity contribution in [2.75, 3.05) is 6.61 Å². The van der Waals surface area contributed by atoms with Gasteiger partial charge in [-0.05, 0) is 17.0 Å². The van der Waals surface area contributed by atoms with E-state index in [-0.39, 0.29) is 24.5 Å². The first kappa shape index (κ1) is 13.8. The van der Waals surface area contributed by atoms with Gasteiger partial charge in [0, 0.05) is 6.42 Å². The third-order valence-corrected chi connectivity index (χ3v) is 2.91. The maximum Gasteiger partial charge on any atom is 0.407 e. The Labute approximate surface area is 108 Å². The Kier molecular flexibility index (Phi) is 4.82. The monoisotopic (exact) mass is 255 g/mol. The molecule has 0 radical (unpaired) electrons. The van der Waals surface area contributed by atoms with Gasteiger partial charge in [-0.1, -0.05) is 38.1 Å². The van der Waals surface area contributed by atoms with Gasteiger partial charge in [-0.3, -0.25) is 0 Å². The van der Waals surface area contributed by atoms with Crippen molar-refractivity contribution in [3.8, 4) is 0 Å². The Morgan fingerprint density at radius 3 is 2.82 bits per heavy atom. The summed E-state index contributed by atoms with van der Waals surface area (Å²) in [6.45, 7) is 4.84. The lowest BCUT2D eigenvalue weighted by molar-refractivity contribution is 0.115. The number of amides is 1. The Hall–Kier alpha value is -1.22. The Morgan fingerprint density at radius 2 is 2.18 bits per heavy atom. The number of rotatable bonds is 2. The SMILES string of the molecule is CC(C)c1cccc([C@H]2CCOC(=O)N2)c1.Cl. The van der Waals surface area contributed by atoms with Crippen molar-refractivity contribution in [2.24, 2.45) is 0 Å². The van der Waals surface area contributed by atoms with Crippen molar-refractivity contribution in [3.63, 3.8) is 0 Å². The number of carbonyl (C=O) groups excluding carboxylic acids is 1. The highest BCUT2D eigenvalue weighted by atomic mass is 35.5. The van der Waals surface area contributed by atoms with E-state index in [0.717, 1.165) is 6.42 Å². The van der Waals surface area contributed by atoms with Gasteiger partial charge in [0.25, 0.3) is 0 Å². The molecule has 0 bridgehead atoms. The second kappa shape index (κ2) is 5.92. The number of nitrogens with one attached hydrogen (secondary N) is 1. The molecule has 4 heteroatoms. The van der Waals surface area contributed by atoms with Crippen LogP contribution in [-0.4, -0.2) is 12.7 Å². The molecule has 1 aromatic rings. The standard InChI is InChI=1S/C13H17NO2.ClH/c1-9(2)10-4-3-5-11(8-10)12-6-7-16-13(15)14-12;/h3-5,8-9,12H,6-7H2,1-2H3,(H,14,15);1H/t12-;/m1./s1. The summed E-state index contributed by atoms with van der Waals surface area (Å²) in [5.74, 6) is 0.510. The van der Waals surface area contributed by atoms with Gasteiger partial charge < -0.3 is 10.1 Å². The number of cyclic esters (lactones) is 1. The Morgan fingerprint density at radius 1 is 1.41 bits per heavy atom. The largest absolute Gasteiger partial charge is 0.449 e. The molecule has 0 unspecified atom stereocenters. The van der Waals surface area contributed by atoms with E-state index < -0.39 is 0 Å². The molecule has 1 heterocycles. The van der Waals surface area contributed by atoms with Crippen molar-refractivity contribution in [1.29, 1.82) is 0 Å². The number of halogens is 1. The summed E-state index contributed by atoms with van der Waals surface area (Å²) in [4.78, 5) is 11.1. The van der Waals surface area contributed by atoms with E-state index in [1.54, 1.807) is 0 Å². The summed E-state index contributed by atoms with van der Waals surface area (Å²) in [5.41, 5.74) is 2.47. The summed E-state index contributed by atoms with van der Waals surface area (Å²) in [6, 6.07) is 8.49. The van der Waals surface area contributed by atoms with Crippen molar-refractivity contribution >= 4 is 18.5 Å². The summed E-state index contributed by atoms with van der Waals surface area (Å²) in [5, 5.41) is 2.84. The second-order valence-corrected chi connectivity index (χ2v) is 4.45. The lowest BCUT2D eigenvalue weighted by atomic mass is 9.96. The molecule has 3 nitrogen and oxygen atoms in total. The predicted molar refractivity (Wildman–Crippen MR) is 69.6 cm³/mol. The third-order valence-electron chi connectivity index (χ3n) is 2.91. The predicted octanol–water partition coefficient (Wildman–Crippen LogP) is 3.40. The first-order valence-corrected chi connectivity index (χ1v) is 5.70. The number of hydrogen-bond donors (Lipinski definition) is 1. The van der Waals surface area contributed by atoms with E-state index in [1.807, 2.05) is 6.07 Å². The van der Waals surface area contributed by atoms with Crippen LogP contribution in [0.25, 0.3) is 0 Å². The van der Waals surface area contributed by atoms with E-state index >= 15 is 0 Å². The number of alkyl carbamates (subject to hydrolysis) is 1. The first-order valence-electron chi connectivity index (χ1n) is 5.70. The summed E-state index contributed by atoms with van der Waals surface area (Å²) in [6.07, 6.45) is 0.527. The zero-order chi connectivity index (χ0) is 11.5. The fourth-order valence-electron chi connectivity index (χ4n) is 1.91. The van der Waals surface area contributed by atoms with Crippen LogP contribution in [0.4, 0.5) is 4.79 Å². The average Bonchev–Trinajstić information content (AvgIpc) is 2.29. The normalized spacial score (nSPS) is 19.2. The van der Waals surface area contributed by atoms with E-state index in [1.165, 1.54) is 11.1 Å². The Bertz CT molecular complexity index is 393. The quantitative estimate of drug-likeness (QED) is 0.880. The highest BCUT2D eigenvalue weighted by molar-refractivity contribution is 5.85. The fraction of sp³-hybridized carbons (Fsp3) is 0.462. The lowest BCUT2D eigenvalue weighted by Crippen LogP contribution is -2.35. The minimum Gasteiger partial charge on any atom is -0.449 e. The van der Waals surface area contributed by atoms with Crippen LogP contribution in [-0.2, 0) is 4.74 Å².